The minimum atomic E-state index is -0.639. The number of hydrogen-bond acceptors (Lipinski definition) is 4. The summed E-state index contributed by atoms with van der Waals surface area (Å²) in [6.07, 6.45) is 0.724. The molecule has 122 valence electrons. The van der Waals surface area contributed by atoms with E-state index in [4.69, 9.17) is 4.74 Å². The van der Waals surface area contributed by atoms with Gasteiger partial charge in [-0.15, -0.1) is 0 Å². The highest BCUT2D eigenvalue weighted by Crippen LogP contribution is 2.22. The first-order valence-electron chi connectivity index (χ1n) is 7.09. The number of urea groups is 1. The Morgan fingerprint density at radius 3 is 2.45 bits per heavy atom. The molecule has 22 heavy (non-hydrogen) atoms. The molecular formula is C15H23N3O4. The van der Waals surface area contributed by atoms with Crippen molar-refractivity contribution < 1.29 is 14.5 Å². The third-order valence-electron chi connectivity index (χ3n) is 3.36. The van der Waals surface area contributed by atoms with E-state index in [1.165, 1.54) is 12.1 Å². The van der Waals surface area contributed by atoms with E-state index >= 15 is 0 Å². The van der Waals surface area contributed by atoms with Crippen molar-refractivity contribution in [2.24, 2.45) is 0 Å². The summed E-state index contributed by atoms with van der Waals surface area (Å²) in [7, 11) is 1.62. The molecule has 0 fully saturated rings. The highest BCUT2D eigenvalue weighted by atomic mass is 16.6. The predicted octanol–water partition coefficient (Wildman–Crippen LogP) is 2.55. The smallest absolute Gasteiger partial charge is 0.315 e. The number of rotatable bonds is 7. The molecule has 0 aliphatic rings. The van der Waals surface area contributed by atoms with Crippen LogP contribution in [0.2, 0.25) is 0 Å². The number of nitrogens with one attached hydrogen (secondary N) is 2. The Morgan fingerprint density at radius 1 is 1.36 bits per heavy atom. The molecule has 1 rings (SSSR count). The second-order valence-electron chi connectivity index (χ2n) is 5.71. The van der Waals surface area contributed by atoms with Crippen LogP contribution in [0.5, 0.6) is 0 Å². The normalized spacial score (nSPS) is 12.5. The Morgan fingerprint density at radius 2 is 1.95 bits per heavy atom. The second-order valence-corrected chi connectivity index (χ2v) is 5.71. The van der Waals surface area contributed by atoms with Gasteiger partial charge in [0, 0.05) is 31.9 Å². The standard InChI is InChI=1S/C15H23N3O4/c1-11(9-10-22-4)16-14(19)17-15(2,3)12-5-7-13(8-6-12)18(20)21/h5-8,11H,9-10H2,1-4H3,(H2,16,17,19)/t11-/m0/s1. The van der Waals surface area contributed by atoms with Gasteiger partial charge in [0.15, 0.2) is 0 Å². The fraction of sp³-hybridized carbons (Fsp3) is 0.533. The van der Waals surface area contributed by atoms with Gasteiger partial charge in [-0.2, -0.15) is 0 Å². The minimum absolute atomic E-state index is 0.00684. The molecule has 1 aromatic carbocycles. The molecule has 1 atom stereocenters. The number of carbonyl (C=O) groups is 1. The zero-order chi connectivity index (χ0) is 16.8. The fourth-order valence-corrected chi connectivity index (χ4v) is 1.98. The monoisotopic (exact) mass is 309 g/mol. The quantitative estimate of drug-likeness (QED) is 0.598. The van der Waals surface area contributed by atoms with E-state index in [-0.39, 0.29) is 17.8 Å². The van der Waals surface area contributed by atoms with E-state index in [1.807, 2.05) is 20.8 Å². The summed E-state index contributed by atoms with van der Waals surface area (Å²) in [6, 6.07) is 5.86. The summed E-state index contributed by atoms with van der Waals surface area (Å²) < 4.78 is 4.97. The molecule has 0 radical (unpaired) electrons. The number of carbonyl (C=O) groups excluding carboxylic acids is 1. The number of nitrogens with zero attached hydrogens (tertiary/aromatic N) is 1. The molecule has 1 aromatic rings. The maximum absolute atomic E-state index is 12.0. The van der Waals surface area contributed by atoms with Gasteiger partial charge in [-0.05, 0) is 44.9 Å². The van der Waals surface area contributed by atoms with E-state index in [2.05, 4.69) is 10.6 Å². The Kier molecular flexibility index (Phi) is 6.30. The van der Waals surface area contributed by atoms with Gasteiger partial charge in [0.05, 0.1) is 10.5 Å². The van der Waals surface area contributed by atoms with Gasteiger partial charge in [-0.25, -0.2) is 4.79 Å². The molecule has 0 spiro atoms. The van der Waals surface area contributed by atoms with Gasteiger partial charge in [0.2, 0.25) is 0 Å². The average Bonchev–Trinajstić information content (AvgIpc) is 2.44. The molecule has 0 saturated heterocycles. The molecule has 0 aliphatic heterocycles. The molecule has 7 nitrogen and oxygen atoms in total. The van der Waals surface area contributed by atoms with Crippen molar-refractivity contribution in [2.75, 3.05) is 13.7 Å². The topological polar surface area (TPSA) is 93.5 Å². The number of non-ortho nitro benzene ring substituents is 1. The zero-order valence-electron chi connectivity index (χ0n) is 13.4. The summed E-state index contributed by atoms with van der Waals surface area (Å²) in [4.78, 5) is 22.2. The van der Waals surface area contributed by atoms with E-state index in [9.17, 15) is 14.9 Å². The summed E-state index contributed by atoms with van der Waals surface area (Å²) in [5.74, 6) is 0. The van der Waals surface area contributed by atoms with Crippen LogP contribution in [0.3, 0.4) is 0 Å². The summed E-state index contributed by atoms with van der Waals surface area (Å²) in [5, 5.41) is 16.4. The lowest BCUT2D eigenvalue weighted by molar-refractivity contribution is -0.384. The first kappa shape index (κ1) is 17.9. The van der Waals surface area contributed by atoms with E-state index < -0.39 is 10.5 Å². The molecular weight excluding hydrogens is 286 g/mol. The number of nitro benzene ring substituents is 1. The van der Waals surface area contributed by atoms with Crippen molar-refractivity contribution >= 4 is 11.7 Å². The van der Waals surface area contributed by atoms with Crippen LogP contribution in [-0.2, 0) is 10.3 Å². The molecule has 0 heterocycles. The van der Waals surface area contributed by atoms with E-state index in [0.29, 0.717) is 6.61 Å². The summed E-state index contributed by atoms with van der Waals surface area (Å²) in [6.45, 7) is 6.16. The van der Waals surface area contributed by atoms with Crippen molar-refractivity contribution in [1.82, 2.24) is 10.6 Å². The van der Waals surface area contributed by atoms with Crippen LogP contribution in [-0.4, -0.2) is 30.7 Å². The van der Waals surface area contributed by atoms with E-state index in [0.717, 1.165) is 12.0 Å². The molecule has 0 saturated carbocycles. The average molecular weight is 309 g/mol. The molecule has 0 unspecified atom stereocenters. The van der Waals surface area contributed by atoms with Crippen molar-refractivity contribution in [2.45, 2.75) is 38.8 Å². The third-order valence-corrected chi connectivity index (χ3v) is 3.36. The minimum Gasteiger partial charge on any atom is -0.385 e. The molecule has 2 amide bonds. The van der Waals surface area contributed by atoms with Crippen LogP contribution >= 0.6 is 0 Å². The Labute approximate surface area is 130 Å². The Hall–Kier alpha value is -2.15. The summed E-state index contributed by atoms with van der Waals surface area (Å²) in [5.41, 5.74) is 0.176. The van der Waals surface area contributed by atoms with Crippen molar-refractivity contribution in [3.8, 4) is 0 Å². The van der Waals surface area contributed by atoms with Gasteiger partial charge < -0.3 is 15.4 Å². The van der Waals surface area contributed by atoms with Crippen LogP contribution in [0, 0.1) is 10.1 Å². The SMILES string of the molecule is COCC[C@H](C)NC(=O)NC(C)(C)c1ccc([N+](=O)[O-])cc1. The number of hydrogen-bond donors (Lipinski definition) is 2. The largest absolute Gasteiger partial charge is 0.385 e. The number of amides is 2. The molecule has 0 aliphatic carbocycles. The van der Waals surface area contributed by atoms with Gasteiger partial charge in [0.25, 0.3) is 5.69 Å². The third kappa shape index (κ3) is 5.33. The van der Waals surface area contributed by atoms with Crippen molar-refractivity contribution in [1.29, 1.82) is 0 Å². The lowest BCUT2D eigenvalue weighted by atomic mass is 9.94. The fourth-order valence-electron chi connectivity index (χ4n) is 1.98. The maximum Gasteiger partial charge on any atom is 0.315 e. The Balaban J connectivity index is 2.65. The highest BCUT2D eigenvalue weighted by molar-refractivity contribution is 5.75. The van der Waals surface area contributed by atoms with Crippen molar-refractivity contribution in [3.63, 3.8) is 0 Å². The molecule has 0 bridgehead atoms. The molecule has 2 N–H and O–H groups in total. The molecule has 7 heteroatoms. The maximum atomic E-state index is 12.0. The number of ether oxygens (including phenoxy) is 1. The van der Waals surface area contributed by atoms with Gasteiger partial charge in [-0.3, -0.25) is 10.1 Å². The van der Waals surface area contributed by atoms with Crippen LogP contribution in [0.4, 0.5) is 10.5 Å². The molecule has 0 aromatic heterocycles. The number of nitro groups is 1. The van der Waals surface area contributed by atoms with Gasteiger partial charge in [0.1, 0.15) is 0 Å². The van der Waals surface area contributed by atoms with Gasteiger partial charge >= 0.3 is 6.03 Å². The zero-order valence-corrected chi connectivity index (χ0v) is 13.4. The number of methoxy groups -OCH3 is 1. The van der Waals surface area contributed by atoms with Crippen LogP contribution < -0.4 is 10.6 Å². The van der Waals surface area contributed by atoms with Gasteiger partial charge in [-0.1, -0.05) is 0 Å². The van der Waals surface area contributed by atoms with Crippen molar-refractivity contribution in [3.05, 3.63) is 39.9 Å². The van der Waals surface area contributed by atoms with E-state index in [1.54, 1.807) is 19.2 Å². The lowest BCUT2D eigenvalue weighted by Crippen LogP contribution is -2.49. The summed E-state index contributed by atoms with van der Waals surface area (Å²) >= 11 is 0. The predicted molar refractivity (Wildman–Crippen MR) is 83.7 cm³/mol. The highest BCUT2D eigenvalue weighted by Gasteiger charge is 2.24. The van der Waals surface area contributed by atoms with Crippen LogP contribution in [0.15, 0.2) is 24.3 Å². The second kappa shape index (κ2) is 7.74. The lowest BCUT2D eigenvalue weighted by Gasteiger charge is -2.28. The first-order valence-corrected chi connectivity index (χ1v) is 7.09. The Bertz CT molecular complexity index is 514. The van der Waals surface area contributed by atoms with Crippen LogP contribution in [0.1, 0.15) is 32.8 Å². The van der Waals surface area contributed by atoms with Crippen LogP contribution in [0.25, 0.3) is 0 Å². The first-order chi connectivity index (χ1) is 10.3. The number of benzene rings is 1.